The van der Waals surface area contributed by atoms with Crippen molar-refractivity contribution in [2.45, 2.75) is 20.8 Å². The normalized spacial score (nSPS) is 12.7. The summed E-state index contributed by atoms with van der Waals surface area (Å²) in [5.74, 6) is 2.77. The molecule has 0 unspecified atom stereocenters. The fourth-order valence-electron chi connectivity index (χ4n) is 5.29. The standard InChI is InChI=1S/C33H26N2/c1-5-22(3)18-24(6-2)34-30-16-9-7-14-26(30)28-21-33-29(20-32(28)34)27-15-8-10-17-31(27)35(33)25-13-11-12-23(4)19-25/h1,6-21H,2-4H3/b22-18-,24-6+. The highest BCUT2D eigenvalue weighted by Crippen LogP contribution is 2.39. The maximum absolute atomic E-state index is 5.70. The summed E-state index contributed by atoms with van der Waals surface area (Å²) < 4.78 is 4.73. The molecule has 0 fully saturated rings. The molecule has 35 heavy (non-hydrogen) atoms. The Balaban J connectivity index is 1.80. The van der Waals surface area contributed by atoms with Crippen LogP contribution in [0.15, 0.2) is 103 Å². The molecular formula is C33H26N2. The smallest absolute Gasteiger partial charge is 0.0548 e. The Hall–Kier alpha value is -4.48. The number of aromatic nitrogens is 2. The second kappa shape index (κ2) is 8.08. The van der Waals surface area contributed by atoms with Gasteiger partial charge in [0.2, 0.25) is 0 Å². The van der Waals surface area contributed by atoms with Gasteiger partial charge in [0.1, 0.15) is 0 Å². The van der Waals surface area contributed by atoms with Gasteiger partial charge in [0, 0.05) is 38.5 Å². The van der Waals surface area contributed by atoms with Crippen molar-refractivity contribution < 1.29 is 0 Å². The summed E-state index contributed by atoms with van der Waals surface area (Å²) in [6.45, 7) is 6.19. The zero-order chi connectivity index (χ0) is 24.1. The average molecular weight is 451 g/mol. The average Bonchev–Trinajstić information content (AvgIpc) is 3.38. The molecule has 6 aromatic rings. The molecule has 0 N–H and O–H groups in total. The van der Waals surface area contributed by atoms with Crippen molar-refractivity contribution in [3.63, 3.8) is 0 Å². The van der Waals surface area contributed by atoms with Crippen molar-refractivity contribution >= 4 is 49.3 Å². The molecule has 0 radical (unpaired) electrons. The van der Waals surface area contributed by atoms with Gasteiger partial charge < -0.3 is 9.13 Å². The van der Waals surface area contributed by atoms with E-state index in [9.17, 15) is 0 Å². The van der Waals surface area contributed by atoms with E-state index in [-0.39, 0.29) is 0 Å². The molecule has 0 amide bonds. The predicted octanol–water partition coefficient (Wildman–Crippen LogP) is 8.64. The minimum atomic E-state index is 0.904. The molecule has 6 rings (SSSR count). The third kappa shape index (κ3) is 3.21. The molecule has 0 bridgehead atoms. The van der Waals surface area contributed by atoms with Crippen LogP contribution in [-0.2, 0) is 0 Å². The van der Waals surface area contributed by atoms with E-state index in [0.717, 1.165) is 11.3 Å². The molecular weight excluding hydrogens is 424 g/mol. The van der Waals surface area contributed by atoms with Crippen LogP contribution in [0.5, 0.6) is 0 Å². The first-order chi connectivity index (χ1) is 17.1. The van der Waals surface area contributed by atoms with Gasteiger partial charge in [-0.3, -0.25) is 0 Å². The molecule has 0 aliphatic carbocycles. The quantitative estimate of drug-likeness (QED) is 0.189. The number of nitrogens with zero attached hydrogens (tertiary/aromatic N) is 2. The maximum Gasteiger partial charge on any atom is 0.0548 e. The molecule has 0 saturated heterocycles. The first-order valence-electron chi connectivity index (χ1n) is 12.0. The van der Waals surface area contributed by atoms with E-state index < -0.39 is 0 Å². The summed E-state index contributed by atoms with van der Waals surface area (Å²) >= 11 is 0. The fraction of sp³-hybridized carbons (Fsp3) is 0.0909. The number of allylic oxidation sites excluding steroid dienone is 4. The Labute approximate surface area is 205 Å². The van der Waals surface area contributed by atoms with Gasteiger partial charge in [-0.2, -0.15) is 0 Å². The summed E-state index contributed by atoms with van der Waals surface area (Å²) in [5, 5.41) is 4.96. The summed E-state index contributed by atoms with van der Waals surface area (Å²) in [5.41, 5.74) is 9.20. The van der Waals surface area contributed by atoms with Gasteiger partial charge in [0.25, 0.3) is 0 Å². The number of hydrogen-bond donors (Lipinski definition) is 0. The first kappa shape index (κ1) is 21.1. The molecule has 2 aromatic heterocycles. The third-order valence-electron chi connectivity index (χ3n) is 6.87. The van der Waals surface area contributed by atoms with Crippen molar-refractivity contribution in [1.29, 1.82) is 0 Å². The molecule has 0 saturated carbocycles. The number of benzene rings is 4. The lowest BCUT2D eigenvalue weighted by molar-refractivity contribution is 1.17. The lowest BCUT2D eigenvalue weighted by Gasteiger charge is -2.10. The summed E-state index contributed by atoms with van der Waals surface area (Å²) in [4.78, 5) is 0. The van der Waals surface area contributed by atoms with Gasteiger partial charge in [0.05, 0.1) is 22.1 Å². The highest BCUT2D eigenvalue weighted by molar-refractivity contribution is 6.19. The van der Waals surface area contributed by atoms with E-state index in [1.54, 1.807) is 0 Å². The molecule has 0 aliphatic heterocycles. The number of rotatable bonds is 3. The number of para-hydroxylation sites is 2. The minimum absolute atomic E-state index is 0.904. The van der Waals surface area contributed by atoms with Gasteiger partial charge in [-0.1, -0.05) is 60.5 Å². The highest BCUT2D eigenvalue weighted by atomic mass is 15.0. The SMILES string of the molecule is C#C/C(C)=C\C(=C/C)n1c2ccccc2c2cc3c(cc21)c1ccccc1n3-c1cccc(C)c1. The zero-order valence-electron chi connectivity index (χ0n) is 20.2. The monoisotopic (exact) mass is 450 g/mol. The number of hydrogen-bond acceptors (Lipinski definition) is 0. The highest BCUT2D eigenvalue weighted by Gasteiger charge is 2.18. The van der Waals surface area contributed by atoms with Crippen molar-refractivity contribution in [3.05, 3.63) is 108 Å². The molecule has 2 nitrogen and oxygen atoms in total. The van der Waals surface area contributed by atoms with Crippen LogP contribution in [-0.4, -0.2) is 9.13 Å². The second-order valence-corrected chi connectivity index (χ2v) is 9.12. The lowest BCUT2D eigenvalue weighted by Crippen LogP contribution is -1.96. The number of terminal acetylenes is 1. The Morgan fingerprint density at radius 3 is 2.11 bits per heavy atom. The summed E-state index contributed by atoms with van der Waals surface area (Å²) in [6, 6.07) is 30.7. The number of aryl methyl sites for hydroxylation is 1. The predicted molar refractivity (Wildman–Crippen MR) is 151 cm³/mol. The second-order valence-electron chi connectivity index (χ2n) is 9.12. The Kier molecular flexibility index (Phi) is 4.87. The molecule has 2 heteroatoms. The topological polar surface area (TPSA) is 9.86 Å². The molecule has 0 atom stereocenters. The van der Waals surface area contributed by atoms with Crippen LogP contribution in [0.1, 0.15) is 19.4 Å². The Bertz CT molecular complexity index is 1880. The van der Waals surface area contributed by atoms with Crippen molar-refractivity contribution in [3.8, 4) is 18.0 Å². The summed E-state index contributed by atoms with van der Waals surface area (Å²) in [6.07, 6.45) is 9.92. The zero-order valence-corrected chi connectivity index (χ0v) is 20.2. The van der Waals surface area contributed by atoms with E-state index in [2.05, 4.69) is 126 Å². The minimum Gasteiger partial charge on any atom is -0.310 e. The maximum atomic E-state index is 5.70. The van der Waals surface area contributed by atoms with E-state index >= 15 is 0 Å². The molecule has 2 heterocycles. The lowest BCUT2D eigenvalue weighted by atomic mass is 10.1. The van der Waals surface area contributed by atoms with Crippen LogP contribution in [0.25, 0.3) is 55.0 Å². The van der Waals surface area contributed by atoms with Gasteiger partial charge in [-0.15, -0.1) is 6.42 Å². The third-order valence-corrected chi connectivity index (χ3v) is 6.87. The number of fused-ring (bicyclic) bond motifs is 6. The van der Waals surface area contributed by atoms with Crippen LogP contribution >= 0.6 is 0 Å². The van der Waals surface area contributed by atoms with Crippen molar-refractivity contribution in [2.24, 2.45) is 0 Å². The van der Waals surface area contributed by atoms with E-state index in [4.69, 9.17) is 6.42 Å². The molecule has 0 spiro atoms. The largest absolute Gasteiger partial charge is 0.310 e. The van der Waals surface area contributed by atoms with Gasteiger partial charge in [-0.05, 0) is 68.8 Å². The van der Waals surface area contributed by atoms with Crippen LogP contribution in [0, 0.1) is 19.3 Å². The van der Waals surface area contributed by atoms with Gasteiger partial charge in [-0.25, -0.2) is 0 Å². The Morgan fingerprint density at radius 1 is 0.743 bits per heavy atom. The molecule has 0 aliphatic rings. The summed E-state index contributed by atoms with van der Waals surface area (Å²) in [7, 11) is 0. The fourth-order valence-corrected chi connectivity index (χ4v) is 5.29. The van der Waals surface area contributed by atoms with E-state index in [0.29, 0.717) is 0 Å². The van der Waals surface area contributed by atoms with Crippen LogP contribution < -0.4 is 0 Å². The van der Waals surface area contributed by atoms with Crippen LogP contribution in [0.2, 0.25) is 0 Å². The Morgan fingerprint density at radius 2 is 1.40 bits per heavy atom. The first-order valence-corrected chi connectivity index (χ1v) is 12.0. The molecule has 4 aromatic carbocycles. The molecule has 168 valence electrons. The van der Waals surface area contributed by atoms with Crippen molar-refractivity contribution in [1.82, 2.24) is 9.13 Å². The van der Waals surface area contributed by atoms with Crippen LogP contribution in [0.4, 0.5) is 0 Å². The van der Waals surface area contributed by atoms with E-state index in [1.807, 2.05) is 6.92 Å². The van der Waals surface area contributed by atoms with Crippen LogP contribution in [0.3, 0.4) is 0 Å². The van der Waals surface area contributed by atoms with E-state index in [1.165, 1.54) is 54.9 Å². The van der Waals surface area contributed by atoms with Crippen molar-refractivity contribution in [2.75, 3.05) is 0 Å². The van der Waals surface area contributed by atoms with Gasteiger partial charge in [0.15, 0.2) is 0 Å². The van der Waals surface area contributed by atoms with Gasteiger partial charge >= 0.3 is 0 Å².